The van der Waals surface area contributed by atoms with Crippen LogP contribution in [-0.2, 0) is 0 Å². The maximum absolute atomic E-state index is 9.89. The van der Waals surface area contributed by atoms with Gasteiger partial charge in [0, 0.05) is 23.2 Å². The summed E-state index contributed by atoms with van der Waals surface area (Å²) < 4.78 is 0. The minimum atomic E-state index is 0.255. The maximum Gasteiger partial charge on any atom is 0.121 e. The first-order chi connectivity index (χ1) is 7.61. The average molecular weight is 241 g/mol. The highest BCUT2D eigenvalue weighted by Crippen LogP contribution is 2.38. The zero-order valence-electron chi connectivity index (χ0n) is 9.36. The van der Waals surface area contributed by atoms with Gasteiger partial charge in [-0.1, -0.05) is 17.7 Å². The number of hydrogen-bond acceptors (Lipinski definition) is 3. The second-order valence-corrected chi connectivity index (χ2v) is 4.93. The summed E-state index contributed by atoms with van der Waals surface area (Å²) >= 11 is 5.82. The van der Waals surface area contributed by atoms with E-state index >= 15 is 0 Å². The zero-order chi connectivity index (χ0) is 11.7. The first-order valence-electron chi connectivity index (χ1n) is 5.50. The van der Waals surface area contributed by atoms with E-state index in [0.29, 0.717) is 17.5 Å². The first kappa shape index (κ1) is 11.7. The molecule has 0 radical (unpaired) electrons. The Bertz CT molecular complexity index is 383. The van der Waals surface area contributed by atoms with E-state index in [1.54, 1.807) is 6.07 Å². The summed E-state index contributed by atoms with van der Waals surface area (Å²) in [7, 11) is 2.06. The molecule has 0 saturated carbocycles. The van der Waals surface area contributed by atoms with Gasteiger partial charge < -0.3 is 10.8 Å². The van der Waals surface area contributed by atoms with Crippen LogP contribution in [0.2, 0.25) is 5.02 Å². The Morgan fingerprint density at radius 3 is 2.88 bits per heavy atom. The fourth-order valence-corrected chi connectivity index (χ4v) is 2.60. The molecule has 4 heteroatoms. The summed E-state index contributed by atoms with van der Waals surface area (Å²) in [6.45, 7) is 1.69. The summed E-state index contributed by atoms with van der Waals surface area (Å²) in [4.78, 5) is 2.24. The van der Waals surface area contributed by atoms with E-state index in [9.17, 15) is 5.11 Å². The van der Waals surface area contributed by atoms with Crippen LogP contribution in [0.3, 0.4) is 0 Å². The summed E-state index contributed by atoms with van der Waals surface area (Å²) in [6.07, 6.45) is 1.00. The van der Waals surface area contributed by atoms with E-state index in [-0.39, 0.29) is 11.8 Å². The van der Waals surface area contributed by atoms with Gasteiger partial charge in [-0.25, -0.2) is 0 Å². The highest BCUT2D eigenvalue weighted by atomic mass is 35.5. The Labute approximate surface area is 101 Å². The topological polar surface area (TPSA) is 49.5 Å². The third-order valence-corrected chi connectivity index (χ3v) is 3.55. The quantitative estimate of drug-likeness (QED) is 0.831. The van der Waals surface area contributed by atoms with Gasteiger partial charge >= 0.3 is 0 Å². The molecule has 1 saturated heterocycles. The van der Waals surface area contributed by atoms with Crippen molar-refractivity contribution in [1.82, 2.24) is 4.90 Å². The van der Waals surface area contributed by atoms with Gasteiger partial charge in [-0.15, -0.1) is 0 Å². The van der Waals surface area contributed by atoms with Crippen molar-refractivity contribution in [1.29, 1.82) is 0 Å². The number of phenols is 1. The van der Waals surface area contributed by atoms with Crippen molar-refractivity contribution in [3.05, 3.63) is 28.8 Å². The molecule has 0 aliphatic carbocycles. The lowest BCUT2D eigenvalue weighted by molar-refractivity contribution is 0.306. The van der Waals surface area contributed by atoms with Gasteiger partial charge in [0.1, 0.15) is 5.75 Å². The minimum absolute atomic E-state index is 0.255. The third-order valence-electron chi connectivity index (χ3n) is 3.32. The number of nitrogens with zero attached hydrogens (tertiary/aromatic N) is 1. The number of aromatic hydroxyl groups is 1. The monoisotopic (exact) mass is 240 g/mol. The van der Waals surface area contributed by atoms with Crippen molar-refractivity contribution in [3.8, 4) is 5.75 Å². The van der Waals surface area contributed by atoms with Crippen LogP contribution in [0.1, 0.15) is 18.0 Å². The predicted molar refractivity (Wildman–Crippen MR) is 65.6 cm³/mol. The van der Waals surface area contributed by atoms with Gasteiger partial charge in [-0.05, 0) is 38.1 Å². The molecule has 1 aromatic carbocycles. The third kappa shape index (κ3) is 2.17. The van der Waals surface area contributed by atoms with Gasteiger partial charge in [0.25, 0.3) is 0 Å². The van der Waals surface area contributed by atoms with Crippen LogP contribution in [0, 0.1) is 5.92 Å². The molecule has 0 spiro atoms. The number of halogens is 1. The number of rotatable bonds is 2. The Balaban J connectivity index is 2.24. The standard InChI is InChI=1S/C12H17ClN2O/c1-15-7-8(6-14)4-11(15)10-3-2-9(13)5-12(10)16/h2-3,5,8,11,16H,4,6-7,14H2,1H3. The molecule has 3 N–H and O–H groups in total. The lowest BCUT2D eigenvalue weighted by Crippen LogP contribution is -2.20. The van der Waals surface area contributed by atoms with Crippen LogP contribution in [0.25, 0.3) is 0 Å². The van der Waals surface area contributed by atoms with Crippen molar-refractivity contribution in [3.63, 3.8) is 0 Å². The molecule has 16 heavy (non-hydrogen) atoms. The van der Waals surface area contributed by atoms with Crippen molar-refractivity contribution in [2.45, 2.75) is 12.5 Å². The first-order valence-corrected chi connectivity index (χ1v) is 5.88. The molecule has 1 aliphatic heterocycles. The van der Waals surface area contributed by atoms with Crippen molar-refractivity contribution in [2.24, 2.45) is 11.7 Å². The molecular weight excluding hydrogens is 224 g/mol. The number of hydrogen-bond donors (Lipinski definition) is 2. The highest BCUT2D eigenvalue weighted by Gasteiger charge is 2.31. The van der Waals surface area contributed by atoms with Gasteiger partial charge in [0.05, 0.1) is 0 Å². The largest absolute Gasteiger partial charge is 0.508 e. The maximum atomic E-state index is 9.89. The molecule has 1 fully saturated rings. The average Bonchev–Trinajstić information content (AvgIpc) is 2.60. The van der Waals surface area contributed by atoms with Crippen LogP contribution in [0.4, 0.5) is 0 Å². The Morgan fingerprint density at radius 2 is 2.31 bits per heavy atom. The molecule has 0 bridgehead atoms. The molecule has 0 aromatic heterocycles. The second-order valence-electron chi connectivity index (χ2n) is 4.50. The summed E-state index contributed by atoms with van der Waals surface area (Å²) in [5.74, 6) is 0.798. The number of benzene rings is 1. The van der Waals surface area contributed by atoms with Crippen molar-refractivity contribution >= 4 is 11.6 Å². The number of likely N-dealkylation sites (tertiary alicyclic amines) is 1. The van der Waals surface area contributed by atoms with E-state index in [1.165, 1.54) is 0 Å². The van der Waals surface area contributed by atoms with Crippen LogP contribution in [-0.4, -0.2) is 30.1 Å². The molecule has 2 unspecified atom stereocenters. The molecule has 1 heterocycles. The van der Waals surface area contributed by atoms with Crippen LogP contribution in [0.15, 0.2) is 18.2 Å². The molecule has 1 aliphatic rings. The normalized spacial score (nSPS) is 26.2. The second kappa shape index (κ2) is 4.62. The summed E-state index contributed by atoms with van der Waals surface area (Å²) in [5.41, 5.74) is 6.64. The zero-order valence-corrected chi connectivity index (χ0v) is 10.1. The summed E-state index contributed by atoms with van der Waals surface area (Å²) in [6, 6.07) is 5.57. The Kier molecular flexibility index (Phi) is 3.38. The van der Waals surface area contributed by atoms with Crippen LogP contribution >= 0.6 is 11.6 Å². The Hall–Kier alpha value is -0.770. The predicted octanol–water partition coefficient (Wildman–Crippen LogP) is 2.00. The van der Waals surface area contributed by atoms with E-state index in [0.717, 1.165) is 18.5 Å². The number of phenolic OH excluding ortho intramolecular Hbond substituents is 1. The minimum Gasteiger partial charge on any atom is -0.508 e. The highest BCUT2D eigenvalue weighted by molar-refractivity contribution is 6.30. The summed E-state index contributed by atoms with van der Waals surface area (Å²) in [5, 5.41) is 10.5. The molecule has 2 rings (SSSR count). The van der Waals surface area contributed by atoms with Gasteiger partial charge in [-0.3, -0.25) is 4.90 Å². The molecule has 3 nitrogen and oxygen atoms in total. The van der Waals surface area contributed by atoms with E-state index in [2.05, 4.69) is 11.9 Å². The van der Waals surface area contributed by atoms with Gasteiger partial charge in [-0.2, -0.15) is 0 Å². The SMILES string of the molecule is CN1CC(CN)CC1c1ccc(Cl)cc1O. The number of nitrogens with two attached hydrogens (primary N) is 1. The van der Waals surface area contributed by atoms with Crippen LogP contribution in [0.5, 0.6) is 5.75 Å². The van der Waals surface area contributed by atoms with E-state index in [1.807, 2.05) is 12.1 Å². The molecule has 88 valence electrons. The lowest BCUT2D eigenvalue weighted by atomic mass is 9.99. The van der Waals surface area contributed by atoms with Crippen molar-refractivity contribution in [2.75, 3.05) is 20.1 Å². The van der Waals surface area contributed by atoms with Crippen LogP contribution < -0.4 is 5.73 Å². The van der Waals surface area contributed by atoms with E-state index < -0.39 is 0 Å². The van der Waals surface area contributed by atoms with Crippen molar-refractivity contribution < 1.29 is 5.11 Å². The lowest BCUT2D eigenvalue weighted by Gasteiger charge is -2.20. The van der Waals surface area contributed by atoms with E-state index in [4.69, 9.17) is 17.3 Å². The molecule has 0 amide bonds. The van der Waals surface area contributed by atoms with Gasteiger partial charge in [0.2, 0.25) is 0 Å². The Morgan fingerprint density at radius 1 is 1.56 bits per heavy atom. The fourth-order valence-electron chi connectivity index (χ4n) is 2.44. The van der Waals surface area contributed by atoms with Gasteiger partial charge in [0.15, 0.2) is 0 Å². The smallest absolute Gasteiger partial charge is 0.121 e. The molecule has 2 atom stereocenters. The fraction of sp³-hybridized carbons (Fsp3) is 0.500. The molecular formula is C12H17ClN2O. The molecule has 1 aromatic rings.